The normalized spacial score (nSPS) is 11.0. The van der Waals surface area contributed by atoms with Gasteiger partial charge in [0, 0.05) is 22.5 Å². The van der Waals surface area contributed by atoms with E-state index in [0.29, 0.717) is 22.4 Å². The third kappa shape index (κ3) is 2.55. The Morgan fingerprint density at radius 1 is 1.14 bits per heavy atom. The maximum Gasteiger partial charge on any atom is 0.123 e. The molecule has 108 valence electrons. The predicted octanol–water partition coefficient (Wildman–Crippen LogP) is 4.59. The van der Waals surface area contributed by atoms with Gasteiger partial charge >= 0.3 is 0 Å². The van der Waals surface area contributed by atoms with E-state index in [9.17, 15) is 0 Å². The average Bonchev–Trinajstić information content (AvgIpc) is 2.77. The highest BCUT2D eigenvalue weighted by Gasteiger charge is 2.11. The van der Waals surface area contributed by atoms with Crippen molar-refractivity contribution in [2.75, 3.05) is 12.8 Å². The van der Waals surface area contributed by atoms with Crippen LogP contribution >= 0.6 is 23.2 Å². The van der Waals surface area contributed by atoms with Crippen molar-refractivity contribution in [2.24, 2.45) is 0 Å². The molecule has 21 heavy (non-hydrogen) atoms. The van der Waals surface area contributed by atoms with Gasteiger partial charge in [-0.05, 0) is 18.2 Å². The number of anilines is 1. The molecule has 5 heteroatoms. The fraction of sp³-hybridized carbons (Fsp3) is 0.125. The number of aromatic nitrogens is 1. The number of nitrogens with two attached hydrogens (primary N) is 1. The molecule has 3 nitrogen and oxygen atoms in total. The molecule has 0 amide bonds. The summed E-state index contributed by atoms with van der Waals surface area (Å²) < 4.78 is 7.34. The lowest BCUT2D eigenvalue weighted by Gasteiger charge is -2.10. The summed E-state index contributed by atoms with van der Waals surface area (Å²) >= 11 is 12.1. The quantitative estimate of drug-likeness (QED) is 0.766. The van der Waals surface area contributed by atoms with E-state index in [-0.39, 0.29) is 0 Å². The van der Waals surface area contributed by atoms with Crippen LogP contribution in [0.4, 0.5) is 5.82 Å². The van der Waals surface area contributed by atoms with Crippen LogP contribution < -0.4 is 10.5 Å². The van der Waals surface area contributed by atoms with E-state index < -0.39 is 0 Å². The zero-order chi connectivity index (χ0) is 15.0. The van der Waals surface area contributed by atoms with E-state index in [4.69, 9.17) is 33.7 Å². The third-order valence-electron chi connectivity index (χ3n) is 3.51. The molecule has 0 aliphatic carbocycles. The molecular weight excluding hydrogens is 307 g/mol. The first kappa shape index (κ1) is 14.1. The summed E-state index contributed by atoms with van der Waals surface area (Å²) in [6.45, 7) is 0.625. The minimum Gasteiger partial charge on any atom is -0.496 e. The van der Waals surface area contributed by atoms with Crippen LogP contribution in [-0.4, -0.2) is 11.7 Å². The standard InChI is InChI=1S/C16H14Cl2N2O/c1-21-15-5-3-2-4-10(15)8-20-9-11-6-13(17)14(18)7-12(11)16(20)19/h2-7,9H,8,19H2,1H3. The molecule has 0 aliphatic heterocycles. The lowest BCUT2D eigenvalue weighted by Crippen LogP contribution is -2.04. The van der Waals surface area contributed by atoms with Gasteiger partial charge in [0.05, 0.1) is 23.7 Å². The van der Waals surface area contributed by atoms with Crippen molar-refractivity contribution in [3.05, 3.63) is 58.2 Å². The Hall–Kier alpha value is -1.84. The second-order valence-electron chi connectivity index (χ2n) is 4.81. The van der Waals surface area contributed by atoms with Crippen LogP contribution in [0.5, 0.6) is 5.75 Å². The van der Waals surface area contributed by atoms with Crippen LogP contribution in [0.2, 0.25) is 10.0 Å². The van der Waals surface area contributed by atoms with Crippen LogP contribution in [0, 0.1) is 0 Å². The predicted molar refractivity (Wildman–Crippen MR) is 88.5 cm³/mol. The molecule has 0 atom stereocenters. The highest BCUT2D eigenvalue weighted by molar-refractivity contribution is 6.43. The maximum absolute atomic E-state index is 6.22. The first-order valence-electron chi connectivity index (χ1n) is 6.45. The van der Waals surface area contributed by atoms with Crippen LogP contribution in [0.15, 0.2) is 42.6 Å². The van der Waals surface area contributed by atoms with Crippen molar-refractivity contribution in [3.63, 3.8) is 0 Å². The van der Waals surface area contributed by atoms with Crippen molar-refractivity contribution >= 4 is 39.8 Å². The molecule has 0 spiro atoms. The highest BCUT2D eigenvalue weighted by Crippen LogP contribution is 2.33. The van der Waals surface area contributed by atoms with Crippen molar-refractivity contribution in [1.82, 2.24) is 4.57 Å². The van der Waals surface area contributed by atoms with E-state index in [1.807, 2.05) is 41.1 Å². The zero-order valence-corrected chi connectivity index (χ0v) is 12.9. The summed E-state index contributed by atoms with van der Waals surface area (Å²) in [6.07, 6.45) is 1.97. The largest absolute Gasteiger partial charge is 0.496 e. The summed E-state index contributed by atoms with van der Waals surface area (Å²) in [5.41, 5.74) is 7.28. The van der Waals surface area contributed by atoms with Crippen LogP contribution in [0.25, 0.3) is 10.8 Å². The molecule has 3 aromatic rings. The molecule has 0 bridgehead atoms. The summed E-state index contributed by atoms with van der Waals surface area (Å²) in [7, 11) is 1.66. The number of hydrogen-bond donors (Lipinski definition) is 1. The monoisotopic (exact) mass is 320 g/mol. The zero-order valence-electron chi connectivity index (χ0n) is 11.4. The maximum atomic E-state index is 6.22. The number of nitrogen functional groups attached to an aromatic ring is 1. The molecule has 2 aromatic carbocycles. The number of para-hydroxylation sites is 1. The molecule has 0 fully saturated rings. The number of methoxy groups -OCH3 is 1. The van der Waals surface area contributed by atoms with Gasteiger partial charge in [0.15, 0.2) is 0 Å². The van der Waals surface area contributed by atoms with Gasteiger partial charge in [-0.1, -0.05) is 41.4 Å². The van der Waals surface area contributed by atoms with Crippen LogP contribution in [-0.2, 0) is 6.54 Å². The van der Waals surface area contributed by atoms with E-state index in [1.165, 1.54) is 0 Å². The number of ether oxygens (including phenoxy) is 1. The summed E-state index contributed by atoms with van der Waals surface area (Å²) in [4.78, 5) is 0. The molecule has 1 aromatic heterocycles. The highest BCUT2D eigenvalue weighted by atomic mass is 35.5. The van der Waals surface area contributed by atoms with Crippen LogP contribution in [0.3, 0.4) is 0 Å². The number of fused-ring (bicyclic) bond motifs is 1. The van der Waals surface area contributed by atoms with Gasteiger partial charge in [-0.3, -0.25) is 0 Å². The Morgan fingerprint density at radius 2 is 1.86 bits per heavy atom. The number of hydrogen-bond acceptors (Lipinski definition) is 2. The fourth-order valence-corrected chi connectivity index (χ4v) is 2.77. The molecule has 3 rings (SSSR count). The Balaban J connectivity index is 2.07. The van der Waals surface area contributed by atoms with Gasteiger partial charge in [0.25, 0.3) is 0 Å². The molecule has 0 unspecified atom stereocenters. The molecule has 0 radical (unpaired) electrons. The molecule has 2 N–H and O–H groups in total. The lowest BCUT2D eigenvalue weighted by molar-refractivity contribution is 0.408. The van der Waals surface area contributed by atoms with Crippen molar-refractivity contribution in [3.8, 4) is 5.75 Å². The van der Waals surface area contributed by atoms with Crippen molar-refractivity contribution < 1.29 is 4.74 Å². The van der Waals surface area contributed by atoms with Gasteiger partial charge in [0.2, 0.25) is 0 Å². The Morgan fingerprint density at radius 3 is 2.62 bits per heavy atom. The van der Waals surface area contributed by atoms with E-state index >= 15 is 0 Å². The number of halogens is 2. The molecule has 0 saturated carbocycles. The SMILES string of the molecule is COc1ccccc1Cn1cc2cc(Cl)c(Cl)cc2c1N. The number of benzene rings is 2. The smallest absolute Gasteiger partial charge is 0.123 e. The van der Waals surface area contributed by atoms with Gasteiger partial charge in [0.1, 0.15) is 11.6 Å². The van der Waals surface area contributed by atoms with E-state index in [0.717, 1.165) is 22.1 Å². The minimum absolute atomic E-state index is 0.505. The number of nitrogens with zero attached hydrogens (tertiary/aromatic N) is 1. The van der Waals surface area contributed by atoms with Gasteiger partial charge < -0.3 is 15.0 Å². The summed E-state index contributed by atoms with van der Waals surface area (Å²) in [5.74, 6) is 1.50. The fourth-order valence-electron chi connectivity index (χ4n) is 2.43. The molecule has 0 saturated heterocycles. The Bertz CT molecular complexity index is 811. The topological polar surface area (TPSA) is 40.2 Å². The van der Waals surface area contributed by atoms with Crippen molar-refractivity contribution in [2.45, 2.75) is 6.54 Å². The first-order valence-corrected chi connectivity index (χ1v) is 7.21. The second kappa shape index (κ2) is 5.51. The number of rotatable bonds is 3. The lowest BCUT2D eigenvalue weighted by atomic mass is 10.2. The summed E-state index contributed by atoms with van der Waals surface area (Å²) in [6, 6.07) is 11.5. The molecule has 0 aliphatic rings. The first-order chi connectivity index (χ1) is 10.1. The van der Waals surface area contributed by atoms with Gasteiger partial charge in [-0.25, -0.2) is 0 Å². The van der Waals surface area contributed by atoms with E-state index in [1.54, 1.807) is 13.2 Å². The van der Waals surface area contributed by atoms with Gasteiger partial charge in [-0.15, -0.1) is 0 Å². The molecule has 1 heterocycles. The van der Waals surface area contributed by atoms with Crippen molar-refractivity contribution in [1.29, 1.82) is 0 Å². The molecular formula is C16H14Cl2N2O. The van der Waals surface area contributed by atoms with E-state index in [2.05, 4.69) is 0 Å². The summed E-state index contributed by atoms with van der Waals surface area (Å²) in [5, 5.41) is 2.90. The third-order valence-corrected chi connectivity index (χ3v) is 4.23. The van der Waals surface area contributed by atoms with Crippen LogP contribution in [0.1, 0.15) is 5.56 Å². The Kier molecular flexibility index (Phi) is 3.70. The Labute approximate surface area is 132 Å². The average molecular weight is 321 g/mol. The minimum atomic E-state index is 0.505. The van der Waals surface area contributed by atoms with Gasteiger partial charge in [-0.2, -0.15) is 0 Å². The second-order valence-corrected chi connectivity index (χ2v) is 5.62.